The number of carbonyl (C=O) groups excluding carboxylic acids is 2. The van der Waals surface area contributed by atoms with E-state index < -0.39 is 0 Å². The minimum atomic E-state index is -0.106. The SMILES string of the molecule is CC(=O)N1CCN(C(=O)c2ccc(NCc3ccc4c(c3)OCO4)cn2)CC1. The minimum absolute atomic E-state index is 0.0445. The smallest absolute Gasteiger partial charge is 0.272 e. The van der Waals surface area contributed by atoms with Crippen LogP contribution in [0.1, 0.15) is 23.0 Å². The lowest BCUT2D eigenvalue weighted by molar-refractivity contribution is -0.130. The Morgan fingerprint density at radius 3 is 2.50 bits per heavy atom. The molecule has 8 heteroatoms. The number of amides is 2. The molecule has 1 aromatic carbocycles. The van der Waals surface area contributed by atoms with Crippen molar-refractivity contribution in [3.05, 3.63) is 47.8 Å². The Morgan fingerprint density at radius 2 is 1.79 bits per heavy atom. The number of aromatic nitrogens is 1. The fourth-order valence-corrected chi connectivity index (χ4v) is 3.27. The molecule has 146 valence electrons. The Morgan fingerprint density at radius 1 is 1.04 bits per heavy atom. The number of hydrogen-bond donors (Lipinski definition) is 1. The topological polar surface area (TPSA) is 84.0 Å². The molecule has 0 unspecified atom stereocenters. The number of rotatable bonds is 4. The number of nitrogens with zero attached hydrogens (tertiary/aromatic N) is 3. The molecule has 0 aliphatic carbocycles. The van der Waals surface area contributed by atoms with E-state index in [0.717, 1.165) is 22.7 Å². The standard InChI is InChI=1S/C20H22N4O4/c1-14(25)23-6-8-24(9-7-23)20(26)17-4-3-16(12-22-17)21-11-15-2-5-18-19(10-15)28-13-27-18/h2-5,10,12,21H,6-9,11,13H2,1H3. The maximum atomic E-state index is 12.6. The van der Waals surface area contributed by atoms with E-state index in [1.54, 1.807) is 29.0 Å². The normalized spacial score (nSPS) is 15.5. The summed E-state index contributed by atoms with van der Waals surface area (Å²) >= 11 is 0. The van der Waals surface area contributed by atoms with Gasteiger partial charge >= 0.3 is 0 Å². The van der Waals surface area contributed by atoms with Crippen LogP contribution in [-0.2, 0) is 11.3 Å². The first-order valence-electron chi connectivity index (χ1n) is 9.23. The van der Waals surface area contributed by atoms with Gasteiger partial charge in [0.2, 0.25) is 12.7 Å². The Balaban J connectivity index is 1.32. The molecule has 8 nitrogen and oxygen atoms in total. The predicted octanol–water partition coefficient (Wildman–Crippen LogP) is 1.73. The van der Waals surface area contributed by atoms with Crippen molar-refractivity contribution < 1.29 is 19.1 Å². The van der Waals surface area contributed by atoms with Gasteiger partial charge in [0.25, 0.3) is 5.91 Å². The predicted molar refractivity (Wildman–Crippen MR) is 102 cm³/mol. The van der Waals surface area contributed by atoms with Crippen molar-refractivity contribution >= 4 is 17.5 Å². The van der Waals surface area contributed by atoms with Crippen molar-refractivity contribution in [2.24, 2.45) is 0 Å². The molecule has 3 heterocycles. The van der Waals surface area contributed by atoms with Crippen LogP contribution in [0.25, 0.3) is 0 Å². The molecule has 1 aromatic heterocycles. The van der Waals surface area contributed by atoms with Gasteiger partial charge in [0, 0.05) is 39.6 Å². The van der Waals surface area contributed by atoms with Crippen LogP contribution >= 0.6 is 0 Å². The van der Waals surface area contributed by atoms with E-state index in [1.165, 1.54) is 0 Å². The molecule has 2 amide bonds. The summed E-state index contributed by atoms with van der Waals surface area (Å²) < 4.78 is 10.7. The molecule has 2 aromatic rings. The zero-order valence-corrected chi connectivity index (χ0v) is 15.7. The number of fused-ring (bicyclic) bond motifs is 1. The van der Waals surface area contributed by atoms with E-state index in [-0.39, 0.29) is 18.6 Å². The fraction of sp³-hybridized carbons (Fsp3) is 0.350. The molecule has 1 fully saturated rings. The highest BCUT2D eigenvalue weighted by molar-refractivity contribution is 5.92. The Kier molecular flexibility index (Phi) is 5.01. The number of benzene rings is 1. The lowest BCUT2D eigenvalue weighted by Gasteiger charge is -2.34. The van der Waals surface area contributed by atoms with Gasteiger partial charge in [-0.3, -0.25) is 9.59 Å². The first-order chi connectivity index (χ1) is 13.6. The lowest BCUT2D eigenvalue weighted by atomic mass is 10.2. The van der Waals surface area contributed by atoms with E-state index in [2.05, 4.69) is 10.3 Å². The van der Waals surface area contributed by atoms with E-state index in [0.29, 0.717) is 38.4 Å². The number of anilines is 1. The second-order valence-corrected chi connectivity index (χ2v) is 6.77. The van der Waals surface area contributed by atoms with Crippen molar-refractivity contribution in [2.45, 2.75) is 13.5 Å². The third-order valence-electron chi connectivity index (χ3n) is 4.93. The molecule has 1 N–H and O–H groups in total. The van der Waals surface area contributed by atoms with Crippen molar-refractivity contribution in [2.75, 3.05) is 38.3 Å². The van der Waals surface area contributed by atoms with Crippen LogP contribution in [0.3, 0.4) is 0 Å². The number of ether oxygens (including phenoxy) is 2. The highest BCUT2D eigenvalue weighted by atomic mass is 16.7. The Bertz CT molecular complexity index is 876. The quantitative estimate of drug-likeness (QED) is 0.867. The molecular weight excluding hydrogens is 360 g/mol. The van der Waals surface area contributed by atoms with Gasteiger partial charge in [-0.25, -0.2) is 4.98 Å². The fourth-order valence-electron chi connectivity index (χ4n) is 3.27. The molecule has 1 saturated heterocycles. The molecule has 0 radical (unpaired) electrons. The van der Waals surface area contributed by atoms with Crippen molar-refractivity contribution in [1.29, 1.82) is 0 Å². The van der Waals surface area contributed by atoms with Crippen molar-refractivity contribution in [3.63, 3.8) is 0 Å². The summed E-state index contributed by atoms with van der Waals surface area (Å²) in [6.45, 7) is 4.61. The van der Waals surface area contributed by atoms with Gasteiger partial charge < -0.3 is 24.6 Å². The summed E-state index contributed by atoms with van der Waals surface area (Å²) in [7, 11) is 0. The van der Waals surface area contributed by atoms with Gasteiger partial charge in [0.15, 0.2) is 11.5 Å². The van der Waals surface area contributed by atoms with Crippen LogP contribution in [0.15, 0.2) is 36.5 Å². The van der Waals surface area contributed by atoms with E-state index >= 15 is 0 Å². The lowest BCUT2D eigenvalue weighted by Crippen LogP contribution is -2.50. The summed E-state index contributed by atoms with van der Waals surface area (Å²) in [5.74, 6) is 1.45. The third-order valence-corrected chi connectivity index (χ3v) is 4.93. The van der Waals surface area contributed by atoms with E-state index in [1.807, 2.05) is 24.3 Å². The van der Waals surface area contributed by atoms with Crippen LogP contribution in [-0.4, -0.2) is 59.6 Å². The number of piperazine rings is 1. The molecular formula is C20H22N4O4. The summed E-state index contributed by atoms with van der Waals surface area (Å²) in [5.41, 5.74) is 2.30. The van der Waals surface area contributed by atoms with Crippen LogP contribution in [0.5, 0.6) is 11.5 Å². The molecule has 0 spiro atoms. The van der Waals surface area contributed by atoms with E-state index in [4.69, 9.17) is 9.47 Å². The second kappa shape index (κ2) is 7.75. The number of pyridine rings is 1. The Labute approximate surface area is 163 Å². The first kappa shape index (κ1) is 18.1. The zero-order valence-electron chi connectivity index (χ0n) is 15.7. The minimum Gasteiger partial charge on any atom is -0.454 e. The summed E-state index contributed by atoms with van der Waals surface area (Å²) in [6, 6.07) is 9.39. The zero-order chi connectivity index (χ0) is 19.5. The molecule has 0 bridgehead atoms. The second-order valence-electron chi connectivity index (χ2n) is 6.77. The van der Waals surface area contributed by atoms with E-state index in [9.17, 15) is 9.59 Å². The third kappa shape index (κ3) is 3.85. The van der Waals surface area contributed by atoms with Gasteiger partial charge in [0.1, 0.15) is 5.69 Å². The van der Waals surface area contributed by atoms with Gasteiger partial charge in [-0.15, -0.1) is 0 Å². The van der Waals surface area contributed by atoms with Crippen LogP contribution < -0.4 is 14.8 Å². The first-order valence-corrected chi connectivity index (χ1v) is 9.23. The molecule has 4 rings (SSSR count). The van der Waals surface area contributed by atoms with Crippen molar-refractivity contribution in [1.82, 2.24) is 14.8 Å². The summed E-state index contributed by atoms with van der Waals surface area (Å²) in [4.78, 5) is 31.8. The molecule has 2 aliphatic heterocycles. The van der Waals surface area contributed by atoms with Crippen LogP contribution in [0.4, 0.5) is 5.69 Å². The van der Waals surface area contributed by atoms with Crippen molar-refractivity contribution in [3.8, 4) is 11.5 Å². The highest BCUT2D eigenvalue weighted by Gasteiger charge is 2.23. The molecule has 2 aliphatic rings. The van der Waals surface area contributed by atoms with Crippen LogP contribution in [0, 0.1) is 0 Å². The molecule has 0 saturated carbocycles. The average molecular weight is 382 g/mol. The van der Waals surface area contributed by atoms with Gasteiger partial charge in [0.05, 0.1) is 11.9 Å². The maximum Gasteiger partial charge on any atom is 0.272 e. The monoisotopic (exact) mass is 382 g/mol. The maximum absolute atomic E-state index is 12.6. The number of carbonyl (C=O) groups is 2. The molecule has 0 atom stereocenters. The van der Waals surface area contributed by atoms with Gasteiger partial charge in [-0.1, -0.05) is 6.07 Å². The van der Waals surface area contributed by atoms with Crippen LogP contribution in [0.2, 0.25) is 0 Å². The van der Waals surface area contributed by atoms with Gasteiger partial charge in [-0.05, 0) is 29.8 Å². The summed E-state index contributed by atoms with van der Waals surface area (Å²) in [5, 5.41) is 3.29. The highest BCUT2D eigenvalue weighted by Crippen LogP contribution is 2.32. The molecule has 28 heavy (non-hydrogen) atoms. The van der Waals surface area contributed by atoms with Gasteiger partial charge in [-0.2, -0.15) is 0 Å². The average Bonchev–Trinajstić information content (AvgIpc) is 3.20. The Hall–Kier alpha value is -3.29. The number of hydrogen-bond acceptors (Lipinski definition) is 6. The largest absolute Gasteiger partial charge is 0.454 e. The summed E-state index contributed by atoms with van der Waals surface area (Å²) in [6.07, 6.45) is 1.66. The number of nitrogens with one attached hydrogen (secondary N) is 1.